The van der Waals surface area contributed by atoms with Crippen molar-refractivity contribution < 1.29 is 4.39 Å². The fraction of sp³-hybridized carbons (Fsp3) is 0. The van der Waals surface area contributed by atoms with E-state index in [-0.39, 0.29) is 0 Å². The lowest BCUT2D eigenvalue weighted by Gasteiger charge is -2.00. The van der Waals surface area contributed by atoms with Crippen molar-refractivity contribution >= 4 is 16.6 Å². The van der Waals surface area contributed by atoms with Crippen molar-refractivity contribution in [2.24, 2.45) is 0 Å². The molecule has 0 saturated carbocycles. The maximum absolute atomic E-state index is 12.8. The summed E-state index contributed by atoms with van der Waals surface area (Å²) in [5, 5.41) is 0.595. The molecule has 1 aromatic heterocycles. The maximum atomic E-state index is 12.8. The number of halogens is 1. The van der Waals surface area contributed by atoms with Gasteiger partial charge in [-0.2, -0.15) is 0 Å². The van der Waals surface area contributed by atoms with Crippen molar-refractivity contribution in [1.82, 2.24) is 4.98 Å². The van der Waals surface area contributed by atoms with E-state index in [9.17, 15) is 9.18 Å². The van der Waals surface area contributed by atoms with Crippen LogP contribution in [0.5, 0.6) is 0 Å². The Kier molecular flexibility index (Phi) is 1.55. The summed E-state index contributed by atoms with van der Waals surface area (Å²) >= 11 is 0. The number of benzene rings is 1. The number of hydrogen-bond donors (Lipinski definition) is 2. The molecule has 0 aliphatic rings. The molecule has 0 aliphatic heterocycles. The first-order valence-electron chi connectivity index (χ1n) is 3.75. The summed E-state index contributed by atoms with van der Waals surface area (Å²) in [6.07, 6.45) is 0. The second-order valence-electron chi connectivity index (χ2n) is 2.76. The fourth-order valence-electron chi connectivity index (χ4n) is 1.23. The number of rotatable bonds is 0. The van der Waals surface area contributed by atoms with Crippen molar-refractivity contribution in [3.63, 3.8) is 0 Å². The van der Waals surface area contributed by atoms with Gasteiger partial charge in [0.1, 0.15) is 0 Å². The highest BCUT2D eigenvalue weighted by molar-refractivity contribution is 5.88. The van der Waals surface area contributed by atoms with Gasteiger partial charge in [-0.25, -0.2) is 4.39 Å². The lowest BCUT2D eigenvalue weighted by Crippen LogP contribution is -2.10. The van der Waals surface area contributed by atoms with E-state index in [0.717, 1.165) is 0 Å². The molecular weight excluding hydrogens is 171 g/mol. The SMILES string of the molecule is Nc1cccc2cc(F)c(=O)[nH]c12. The Morgan fingerprint density at radius 1 is 1.38 bits per heavy atom. The van der Waals surface area contributed by atoms with Gasteiger partial charge in [0.15, 0.2) is 5.82 Å². The molecule has 0 unspecified atom stereocenters. The zero-order chi connectivity index (χ0) is 9.42. The minimum Gasteiger partial charge on any atom is -0.397 e. The van der Waals surface area contributed by atoms with E-state index in [2.05, 4.69) is 4.98 Å². The van der Waals surface area contributed by atoms with Crippen LogP contribution in [0.15, 0.2) is 29.1 Å². The summed E-state index contributed by atoms with van der Waals surface area (Å²) in [6, 6.07) is 6.21. The summed E-state index contributed by atoms with van der Waals surface area (Å²) in [4.78, 5) is 13.3. The number of pyridine rings is 1. The molecule has 0 aliphatic carbocycles. The summed E-state index contributed by atoms with van der Waals surface area (Å²) in [6.45, 7) is 0. The Hall–Kier alpha value is -1.84. The van der Waals surface area contributed by atoms with Crippen LogP contribution in [0.2, 0.25) is 0 Å². The lowest BCUT2D eigenvalue weighted by molar-refractivity contribution is 0.612. The quantitative estimate of drug-likeness (QED) is 0.596. The first-order valence-corrected chi connectivity index (χ1v) is 3.75. The van der Waals surface area contributed by atoms with E-state index in [0.29, 0.717) is 16.6 Å². The third-order valence-electron chi connectivity index (χ3n) is 1.87. The molecule has 0 amide bonds. The van der Waals surface area contributed by atoms with E-state index in [1.54, 1.807) is 18.2 Å². The van der Waals surface area contributed by atoms with E-state index >= 15 is 0 Å². The Bertz CT molecular complexity index is 518. The van der Waals surface area contributed by atoms with Gasteiger partial charge in [-0.05, 0) is 12.1 Å². The number of nitrogens with two attached hydrogens (primary N) is 1. The van der Waals surface area contributed by atoms with Crippen LogP contribution in [0.1, 0.15) is 0 Å². The molecule has 3 nitrogen and oxygen atoms in total. The zero-order valence-electron chi connectivity index (χ0n) is 6.67. The van der Waals surface area contributed by atoms with Crippen LogP contribution >= 0.6 is 0 Å². The van der Waals surface area contributed by atoms with Gasteiger partial charge in [0.05, 0.1) is 11.2 Å². The smallest absolute Gasteiger partial charge is 0.284 e. The number of fused-ring (bicyclic) bond motifs is 1. The van der Waals surface area contributed by atoms with Crippen molar-refractivity contribution in [3.8, 4) is 0 Å². The summed E-state index contributed by atoms with van der Waals surface area (Å²) < 4.78 is 12.8. The topological polar surface area (TPSA) is 58.9 Å². The van der Waals surface area contributed by atoms with Crippen LogP contribution in [0, 0.1) is 5.82 Å². The number of nitrogen functional groups attached to an aromatic ring is 1. The highest BCUT2D eigenvalue weighted by Gasteiger charge is 2.02. The molecule has 2 aromatic rings. The third-order valence-corrected chi connectivity index (χ3v) is 1.87. The Morgan fingerprint density at radius 2 is 2.15 bits per heavy atom. The van der Waals surface area contributed by atoms with E-state index in [1.165, 1.54) is 6.07 Å². The minimum absolute atomic E-state index is 0.439. The van der Waals surface area contributed by atoms with E-state index in [4.69, 9.17) is 5.73 Å². The molecule has 2 rings (SSSR count). The van der Waals surface area contributed by atoms with Crippen molar-refractivity contribution in [1.29, 1.82) is 0 Å². The molecular formula is C9H7FN2O. The molecule has 0 atom stereocenters. The van der Waals surface area contributed by atoms with Gasteiger partial charge in [0, 0.05) is 5.39 Å². The van der Waals surface area contributed by atoms with Crippen molar-refractivity contribution in [2.75, 3.05) is 5.73 Å². The molecule has 0 bridgehead atoms. The average molecular weight is 178 g/mol. The van der Waals surface area contributed by atoms with Gasteiger partial charge in [-0.1, -0.05) is 12.1 Å². The Morgan fingerprint density at radius 3 is 2.92 bits per heavy atom. The molecule has 3 N–H and O–H groups in total. The van der Waals surface area contributed by atoms with Crippen LogP contribution in [-0.2, 0) is 0 Å². The summed E-state index contributed by atoms with van der Waals surface area (Å²) in [5.41, 5.74) is 5.76. The van der Waals surface area contributed by atoms with Crippen molar-refractivity contribution in [3.05, 3.63) is 40.4 Å². The van der Waals surface area contributed by atoms with Gasteiger partial charge in [0.2, 0.25) is 0 Å². The standard InChI is InChI=1S/C9H7FN2O/c10-6-4-5-2-1-3-7(11)8(5)12-9(6)13/h1-4H,11H2,(H,12,13). The molecule has 1 heterocycles. The normalized spacial score (nSPS) is 10.5. The molecule has 4 heteroatoms. The molecule has 0 radical (unpaired) electrons. The van der Waals surface area contributed by atoms with Crippen LogP contribution in [0.4, 0.5) is 10.1 Å². The van der Waals surface area contributed by atoms with Crippen LogP contribution < -0.4 is 11.3 Å². The molecule has 0 spiro atoms. The maximum Gasteiger partial charge on any atom is 0.284 e. The predicted octanol–water partition coefficient (Wildman–Crippen LogP) is 1.25. The van der Waals surface area contributed by atoms with E-state index < -0.39 is 11.4 Å². The first-order chi connectivity index (χ1) is 6.18. The zero-order valence-corrected chi connectivity index (χ0v) is 6.67. The highest BCUT2D eigenvalue weighted by Crippen LogP contribution is 2.16. The molecule has 1 aromatic carbocycles. The number of aromatic amines is 1. The van der Waals surface area contributed by atoms with Crippen molar-refractivity contribution in [2.45, 2.75) is 0 Å². The van der Waals surface area contributed by atoms with Crippen LogP contribution in [-0.4, -0.2) is 4.98 Å². The second kappa shape index (κ2) is 2.58. The van der Waals surface area contributed by atoms with Crippen LogP contribution in [0.3, 0.4) is 0 Å². The number of anilines is 1. The second-order valence-corrected chi connectivity index (χ2v) is 2.76. The summed E-state index contributed by atoms with van der Waals surface area (Å²) in [5.74, 6) is -0.793. The van der Waals surface area contributed by atoms with Gasteiger partial charge in [-0.15, -0.1) is 0 Å². The van der Waals surface area contributed by atoms with Gasteiger partial charge >= 0.3 is 0 Å². The van der Waals surface area contributed by atoms with Crippen LogP contribution in [0.25, 0.3) is 10.9 Å². The van der Waals surface area contributed by atoms with Gasteiger partial charge < -0.3 is 10.7 Å². The average Bonchev–Trinajstić information content (AvgIpc) is 2.09. The van der Waals surface area contributed by atoms with Gasteiger partial charge in [-0.3, -0.25) is 4.79 Å². The summed E-state index contributed by atoms with van der Waals surface area (Å²) in [7, 11) is 0. The number of para-hydroxylation sites is 1. The molecule has 13 heavy (non-hydrogen) atoms. The fourth-order valence-corrected chi connectivity index (χ4v) is 1.23. The number of H-pyrrole nitrogens is 1. The number of nitrogens with one attached hydrogen (secondary N) is 1. The number of hydrogen-bond acceptors (Lipinski definition) is 2. The Balaban J connectivity index is 2.97. The third kappa shape index (κ3) is 1.16. The monoisotopic (exact) mass is 178 g/mol. The lowest BCUT2D eigenvalue weighted by atomic mass is 10.2. The largest absolute Gasteiger partial charge is 0.397 e. The Labute approximate surface area is 73.0 Å². The molecule has 66 valence electrons. The number of aromatic nitrogens is 1. The molecule has 0 fully saturated rings. The predicted molar refractivity (Wildman–Crippen MR) is 48.9 cm³/mol. The molecule has 0 saturated heterocycles. The first kappa shape index (κ1) is 7.79. The highest BCUT2D eigenvalue weighted by atomic mass is 19.1. The minimum atomic E-state index is -0.793. The van der Waals surface area contributed by atoms with Gasteiger partial charge in [0.25, 0.3) is 5.56 Å². The van der Waals surface area contributed by atoms with E-state index in [1.807, 2.05) is 0 Å².